The lowest BCUT2D eigenvalue weighted by Crippen LogP contribution is -2.44. The molecule has 4 rings (SSSR count). The number of benzene rings is 1. The summed E-state index contributed by atoms with van der Waals surface area (Å²) in [4.78, 5) is 20.4. The van der Waals surface area contributed by atoms with Crippen molar-refractivity contribution in [3.63, 3.8) is 0 Å². The van der Waals surface area contributed by atoms with Crippen LogP contribution in [0.25, 0.3) is 11.4 Å². The van der Waals surface area contributed by atoms with Gasteiger partial charge in [0.05, 0.1) is 10.9 Å². The fourth-order valence-electron chi connectivity index (χ4n) is 3.81. The van der Waals surface area contributed by atoms with E-state index in [4.69, 9.17) is 10.5 Å². The predicted octanol–water partition coefficient (Wildman–Crippen LogP) is 2.06. The molecule has 30 heavy (non-hydrogen) atoms. The van der Waals surface area contributed by atoms with E-state index in [0.717, 1.165) is 0 Å². The molecule has 2 aliphatic rings. The van der Waals surface area contributed by atoms with Crippen molar-refractivity contribution >= 4 is 27.4 Å². The number of ether oxygens (including phenoxy) is 1. The fraction of sp³-hybridized carbons (Fsp3) is 0.450. The van der Waals surface area contributed by atoms with Gasteiger partial charge in [-0.05, 0) is 49.9 Å². The Kier molecular flexibility index (Phi) is 5.37. The molecule has 4 N–H and O–H groups in total. The summed E-state index contributed by atoms with van der Waals surface area (Å²) in [6.45, 7) is 0.732. The van der Waals surface area contributed by atoms with Gasteiger partial charge in [0.2, 0.25) is 0 Å². The molecule has 9 nitrogen and oxygen atoms in total. The third-order valence-corrected chi connectivity index (χ3v) is 8.70. The number of nitrogens with two attached hydrogens (primary N) is 1. The van der Waals surface area contributed by atoms with Gasteiger partial charge in [-0.1, -0.05) is 0 Å². The molecule has 1 aromatic carbocycles. The lowest BCUT2D eigenvalue weighted by atomic mass is 9.94. The zero-order valence-electron chi connectivity index (χ0n) is 16.7. The van der Waals surface area contributed by atoms with E-state index in [2.05, 4.69) is 20.6 Å². The quantitative estimate of drug-likeness (QED) is 0.659. The van der Waals surface area contributed by atoms with Crippen LogP contribution in [0.15, 0.2) is 30.3 Å². The summed E-state index contributed by atoms with van der Waals surface area (Å²) in [7, 11) is -1.89. The van der Waals surface area contributed by atoms with Crippen LogP contribution in [0.3, 0.4) is 0 Å². The van der Waals surface area contributed by atoms with Crippen molar-refractivity contribution in [2.24, 2.45) is 0 Å². The molecule has 0 bridgehead atoms. The number of urea groups is 1. The third kappa shape index (κ3) is 3.72. The monoisotopic (exact) mass is 431 g/mol. The number of rotatable bonds is 5. The number of sulfone groups is 1. The number of anilines is 2. The van der Waals surface area contributed by atoms with E-state index in [1.165, 1.54) is 7.05 Å². The van der Waals surface area contributed by atoms with E-state index in [0.29, 0.717) is 61.7 Å². The number of nitrogens with one attached hydrogen (secondary N) is 2. The second-order valence-electron chi connectivity index (χ2n) is 7.63. The van der Waals surface area contributed by atoms with Crippen molar-refractivity contribution in [1.82, 2.24) is 15.3 Å². The van der Waals surface area contributed by atoms with Gasteiger partial charge in [0.1, 0.15) is 10.6 Å². The van der Waals surface area contributed by atoms with Crippen LogP contribution < -0.4 is 16.4 Å². The maximum absolute atomic E-state index is 13.4. The summed E-state index contributed by atoms with van der Waals surface area (Å²) in [5, 5.41) is 4.85. The van der Waals surface area contributed by atoms with Crippen molar-refractivity contribution in [1.29, 1.82) is 0 Å². The summed E-state index contributed by atoms with van der Waals surface area (Å²) in [6.07, 6.45) is 2.10. The van der Waals surface area contributed by atoms with Crippen LogP contribution in [-0.2, 0) is 19.3 Å². The molecule has 0 spiro atoms. The Hall–Kier alpha value is -2.72. The molecule has 1 aliphatic carbocycles. The van der Waals surface area contributed by atoms with Crippen molar-refractivity contribution in [2.75, 3.05) is 31.3 Å². The SMILES string of the molecule is CNC(=O)Nc1ccc(-c2nc(N)cc(C3(S(=O)(=O)C4CC4)CCOCC3)n2)cc1. The van der Waals surface area contributed by atoms with Crippen LogP contribution in [-0.4, -0.2) is 49.9 Å². The van der Waals surface area contributed by atoms with Crippen LogP contribution in [0.1, 0.15) is 31.4 Å². The number of carbonyl (C=O) groups excluding carboxylic acids is 1. The largest absolute Gasteiger partial charge is 0.384 e. The van der Waals surface area contributed by atoms with Crippen molar-refractivity contribution in [3.8, 4) is 11.4 Å². The Bertz CT molecular complexity index is 1050. The normalized spacial score (nSPS) is 18.6. The van der Waals surface area contributed by atoms with Gasteiger partial charge in [-0.2, -0.15) is 0 Å². The van der Waals surface area contributed by atoms with Gasteiger partial charge in [-0.25, -0.2) is 23.2 Å². The number of carbonyl (C=O) groups is 1. The smallest absolute Gasteiger partial charge is 0.318 e. The van der Waals surface area contributed by atoms with E-state index < -0.39 is 14.6 Å². The maximum atomic E-state index is 13.4. The molecule has 10 heteroatoms. The molecule has 1 saturated heterocycles. The molecule has 2 fully saturated rings. The molecule has 2 aromatic rings. The van der Waals surface area contributed by atoms with Crippen LogP contribution in [0.5, 0.6) is 0 Å². The highest BCUT2D eigenvalue weighted by molar-refractivity contribution is 7.93. The topological polar surface area (TPSA) is 136 Å². The minimum absolute atomic E-state index is 0.222. The molecule has 2 amide bonds. The van der Waals surface area contributed by atoms with E-state index in [1.807, 2.05) is 0 Å². The second kappa shape index (κ2) is 7.84. The van der Waals surface area contributed by atoms with Gasteiger partial charge in [0.25, 0.3) is 0 Å². The molecule has 1 saturated carbocycles. The lowest BCUT2D eigenvalue weighted by Gasteiger charge is -2.36. The van der Waals surface area contributed by atoms with Gasteiger partial charge in [0, 0.05) is 37.6 Å². The molecule has 2 heterocycles. The minimum Gasteiger partial charge on any atom is -0.384 e. The zero-order valence-corrected chi connectivity index (χ0v) is 17.5. The lowest BCUT2D eigenvalue weighted by molar-refractivity contribution is 0.0729. The van der Waals surface area contributed by atoms with Crippen molar-refractivity contribution in [3.05, 3.63) is 36.0 Å². The molecule has 0 radical (unpaired) electrons. The van der Waals surface area contributed by atoms with Gasteiger partial charge in [0.15, 0.2) is 15.7 Å². The van der Waals surface area contributed by atoms with Crippen LogP contribution in [0.2, 0.25) is 0 Å². The molecular formula is C20H25N5O4S. The Balaban J connectivity index is 1.73. The first kappa shape index (κ1) is 20.5. The highest BCUT2D eigenvalue weighted by Crippen LogP contribution is 2.47. The van der Waals surface area contributed by atoms with Gasteiger partial charge >= 0.3 is 6.03 Å². The van der Waals surface area contributed by atoms with Crippen LogP contribution in [0, 0.1) is 0 Å². The first-order valence-corrected chi connectivity index (χ1v) is 11.5. The van der Waals surface area contributed by atoms with Crippen LogP contribution in [0.4, 0.5) is 16.3 Å². The number of amides is 2. The Labute approximate surface area is 175 Å². The zero-order chi connectivity index (χ0) is 21.4. The molecule has 0 unspecified atom stereocenters. The van der Waals surface area contributed by atoms with Gasteiger partial charge in [-0.15, -0.1) is 0 Å². The van der Waals surface area contributed by atoms with E-state index in [-0.39, 0.29) is 17.1 Å². The van der Waals surface area contributed by atoms with E-state index in [9.17, 15) is 13.2 Å². The number of aromatic nitrogens is 2. The van der Waals surface area contributed by atoms with E-state index >= 15 is 0 Å². The van der Waals surface area contributed by atoms with Gasteiger partial charge < -0.3 is 21.1 Å². The Morgan fingerprint density at radius 3 is 2.43 bits per heavy atom. The number of nitrogen functional groups attached to an aromatic ring is 1. The summed E-state index contributed by atoms with van der Waals surface area (Å²) in [6, 6.07) is 8.23. The second-order valence-corrected chi connectivity index (χ2v) is 10.2. The summed E-state index contributed by atoms with van der Waals surface area (Å²) < 4.78 is 31.2. The third-order valence-electron chi connectivity index (χ3n) is 5.65. The summed E-state index contributed by atoms with van der Waals surface area (Å²) >= 11 is 0. The first-order valence-electron chi connectivity index (χ1n) is 9.91. The number of hydrogen-bond donors (Lipinski definition) is 3. The van der Waals surface area contributed by atoms with Crippen LogP contribution >= 0.6 is 0 Å². The maximum Gasteiger partial charge on any atom is 0.318 e. The summed E-state index contributed by atoms with van der Waals surface area (Å²) in [5.74, 6) is 0.577. The van der Waals surface area contributed by atoms with Gasteiger partial charge in [-0.3, -0.25) is 0 Å². The molecule has 1 aromatic heterocycles. The Morgan fingerprint density at radius 1 is 1.17 bits per heavy atom. The standard InChI is InChI=1S/C20H25N5O4S/c1-22-19(26)23-14-4-2-13(3-5-14)18-24-16(12-17(21)25-18)20(8-10-29-11-9-20)30(27,28)15-6-7-15/h2-5,12,15H,6-11H2,1H3,(H2,21,24,25)(H2,22,23,26). The molecule has 160 valence electrons. The highest BCUT2D eigenvalue weighted by atomic mass is 32.2. The number of hydrogen-bond acceptors (Lipinski definition) is 7. The average Bonchev–Trinajstić information content (AvgIpc) is 3.60. The first-order chi connectivity index (χ1) is 14.4. The fourth-order valence-corrected chi connectivity index (χ4v) is 6.34. The van der Waals surface area contributed by atoms with E-state index in [1.54, 1.807) is 30.3 Å². The van der Waals surface area contributed by atoms with Crippen molar-refractivity contribution < 1.29 is 17.9 Å². The predicted molar refractivity (Wildman–Crippen MR) is 114 cm³/mol. The minimum atomic E-state index is -3.42. The van der Waals surface area contributed by atoms with Crippen molar-refractivity contribution in [2.45, 2.75) is 35.7 Å². The molecular weight excluding hydrogens is 406 g/mol. The number of nitrogens with zero attached hydrogens (tertiary/aromatic N) is 2. The molecule has 1 aliphatic heterocycles. The summed E-state index contributed by atoms with van der Waals surface area (Å²) in [5.41, 5.74) is 7.79. The molecule has 0 atom stereocenters. The average molecular weight is 432 g/mol. The Morgan fingerprint density at radius 2 is 1.83 bits per heavy atom. The highest BCUT2D eigenvalue weighted by Gasteiger charge is 2.54.